The van der Waals surface area contributed by atoms with Crippen LogP contribution >= 0.6 is 23.2 Å². The van der Waals surface area contributed by atoms with Gasteiger partial charge in [-0.15, -0.1) is 0 Å². The number of aryl methyl sites for hydroxylation is 1. The predicted molar refractivity (Wildman–Crippen MR) is 91.6 cm³/mol. The molecule has 128 valence electrons. The van der Waals surface area contributed by atoms with Crippen LogP contribution in [0, 0.1) is 6.92 Å². The zero-order chi connectivity index (χ0) is 17.7. The second kappa shape index (κ2) is 8.17. The van der Waals surface area contributed by atoms with E-state index in [4.69, 9.17) is 32.7 Å². The molecule has 1 aromatic carbocycles. The molecule has 0 radical (unpaired) electrons. The molecular weight excluding hydrogens is 355 g/mol. The third-order valence-corrected chi connectivity index (χ3v) is 3.64. The van der Waals surface area contributed by atoms with Gasteiger partial charge >= 0.3 is 5.97 Å². The molecule has 1 aromatic heterocycles. The van der Waals surface area contributed by atoms with Gasteiger partial charge in [0.2, 0.25) is 0 Å². The number of pyridine rings is 1. The van der Waals surface area contributed by atoms with Crippen LogP contribution in [0.2, 0.25) is 10.0 Å². The molecule has 0 aliphatic rings. The number of hydrogen-bond donors (Lipinski definition) is 1. The van der Waals surface area contributed by atoms with Gasteiger partial charge < -0.3 is 14.8 Å². The van der Waals surface area contributed by atoms with Gasteiger partial charge in [0.15, 0.2) is 19.0 Å². The molecule has 0 saturated carbocycles. The van der Waals surface area contributed by atoms with Gasteiger partial charge in [-0.05, 0) is 32.0 Å². The molecule has 24 heavy (non-hydrogen) atoms. The number of rotatable bonds is 6. The SMILES string of the molecule is CCNC(=O)COC(=O)COc1c(Cl)cc(Cl)c2ccc(C)nc12. The van der Waals surface area contributed by atoms with Crippen molar-refractivity contribution in [1.82, 2.24) is 10.3 Å². The quantitative estimate of drug-likeness (QED) is 0.790. The van der Waals surface area contributed by atoms with Crippen molar-refractivity contribution >= 4 is 46.0 Å². The lowest BCUT2D eigenvalue weighted by molar-refractivity contribution is -0.150. The highest BCUT2D eigenvalue weighted by Gasteiger charge is 2.15. The number of nitrogens with one attached hydrogen (secondary N) is 1. The molecule has 0 saturated heterocycles. The summed E-state index contributed by atoms with van der Waals surface area (Å²) in [5.41, 5.74) is 1.22. The van der Waals surface area contributed by atoms with Crippen LogP contribution in [-0.4, -0.2) is 36.6 Å². The molecule has 1 N–H and O–H groups in total. The van der Waals surface area contributed by atoms with Crippen LogP contribution in [0.15, 0.2) is 18.2 Å². The maximum atomic E-state index is 11.7. The molecule has 2 rings (SSSR count). The summed E-state index contributed by atoms with van der Waals surface area (Å²) in [6.45, 7) is 3.29. The Morgan fingerprint density at radius 1 is 1.21 bits per heavy atom. The van der Waals surface area contributed by atoms with E-state index in [-0.39, 0.29) is 23.3 Å². The molecule has 0 fully saturated rings. The van der Waals surface area contributed by atoms with Gasteiger partial charge in [0.1, 0.15) is 5.52 Å². The van der Waals surface area contributed by atoms with Crippen molar-refractivity contribution < 1.29 is 19.1 Å². The van der Waals surface area contributed by atoms with Gasteiger partial charge in [-0.1, -0.05) is 23.2 Å². The number of carbonyl (C=O) groups is 2. The fourth-order valence-corrected chi connectivity index (χ4v) is 2.57. The van der Waals surface area contributed by atoms with E-state index >= 15 is 0 Å². The first-order valence-electron chi connectivity index (χ1n) is 7.22. The molecule has 1 amide bonds. The van der Waals surface area contributed by atoms with Gasteiger partial charge in [0.25, 0.3) is 5.91 Å². The first-order valence-corrected chi connectivity index (χ1v) is 7.98. The van der Waals surface area contributed by atoms with Gasteiger partial charge in [0, 0.05) is 17.6 Å². The van der Waals surface area contributed by atoms with Crippen molar-refractivity contribution in [3.63, 3.8) is 0 Å². The van der Waals surface area contributed by atoms with Crippen molar-refractivity contribution in [3.8, 4) is 5.75 Å². The Balaban J connectivity index is 2.11. The fraction of sp³-hybridized carbons (Fsp3) is 0.312. The van der Waals surface area contributed by atoms with E-state index in [0.29, 0.717) is 22.5 Å². The largest absolute Gasteiger partial charge is 0.478 e. The van der Waals surface area contributed by atoms with E-state index in [9.17, 15) is 9.59 Å². The second-order valence-electron chi connectivity index (χ2n) is 4.92. The third-order valence-electron chi connectivity index (χ3n) is 3.05. The average Bonchev–Trinajstić information content (AvgIpc) is 2.52. The molecule has 1 heterocycles. The van der Waals surface area contributed by atoms with Crippen molar-refractivity contribution in [2.45, 2.75) is 13.8 Å². The smallest absolute Gasteiger partial charge is 0.344 e. The Bertz CT molecular complexity index is 780. The maximum Gasteiger partial charge on any atom is 0.344 e. The summed E-state index contributed by atoms with van der Waals surface area (Å²) in [7, 11) is 0. The molecule has 0 atom stereocenters. The molecule has 0 aliphatic heterocycles. The molecule has 2 aromatic rings. The number of esters is 1. The molecule has 0 bridgehead atoms. The summed E-state index contributed by atoms with van der Waals surface area (Å²) in [4.78, 5) is 27.3. The third kappa shape index (κ3) is 4.49. The first-order chi connectivity index (χ1) is 11.4. The van der Waals surface area contributed by atoms with Crippen molar-refractivity contribution in [2.24, 2.45) is 0 Å². The number of likely N-dealkylation sites (N-methyl/N-ethyl adjacent to an activating group) is 1. The molecular formula is C16H16Cl2N2O4. The number of amides is 1. The standard InChI is InChI=1S/C16H16Cl2N2O4/c1-3-19-13(21)7-23-14(22)8-24-16-12(18)6-11(17)10-5-4-9(2)20-15(10)16/h4-6H,3,7-8H2,1-2H3,(H,19,21). The zero-order valence-electron chi connectivity index (χ0n) is 13.2. The fourth-order valence-electron chi connectivity index (χ4n) is 1.99. The van der Waals surface area contributed by atoms with Gasteiger partial charge in [-0.3, -0.25) is 4.79 Å². The van der Waals surface area contributed by atoms with Crippen LogP contribution in [0.4, 0.5) is 0 Å². The number of benzene rings is 1. The number of halogens is 2. The molecule has 6 nitrogen and oxygen atoms in total. The number of fused-ring (bicyclic) bond motifs is 1. The zero-order valence-corrected chi connectivity index (χ0v) is 14.7. The van der Waals surface area contributed by atoms with E-state index in [1.807, 2.05) is 13.0 Å². The Labute approximate surface area is 149 Å². The molecule has 0 spiro atoms. The molecule has 8 heteroatoms. The van der Waals surface area contributed by atoms with Gasteiger partial charge in [0.05, 0.1) is 10.0 Å². The lowest BCUT2D eigenvalue weighted by atomic mass is 10.2. The van der Waals surface area contributed by atoms with Crippen LogP contribution in [0.25, 0.3) is 10.9 Å². The van der Waals surface area contributed by atoms with Gasteiger partial charge in [-0.2, -0.15) is 0 Å². The molecule has 0 unspecified atom stereocenters. The number of ether oxygens (including phenoxy) is 2. The van der Waals surface area contributed by atoms with Crippen molar-refractivity contribution in [1.29, 1.82) is 0 Å². The van der Waals surface area contributed by atoms with E-state index in [1.54, 1.807) is 13.0 Å². The number of aromatic nitrogens is 1. The van der Waals surface area contributed by atoms with Crippen molar-refractivity contribution in [2.75, 3.05) is 19.8 Å². The van der Waals surface area contributed by atoms with Crippen LogP contribution in [0.3, 0.4) is 0 Å². The minimum atomic E-state index is -0.687. The summed E-state index contributed by atoms with van der Waals surface area (Å²) in [6.07, 6.45) is 0. The maximum absolute atomic E-state index is 11.7. The average molecular weight is 371 g/mol. The lowest BCUT2D eigenvalue weighted by Gasteiger charge is -2.12. The second-order valence-corrected chi connectivity index (χ2v) is 5.74. The Kier molecular flexibility index (Phi) is 6.23. The summed E-state index contributed by atoms with van der Waals surface area (Å²) in [5, 5.41) is 3.86. The van der Waals surface area contributed by atoms with Crippen LogP contribution < -0.4 is 10.1 Å². The number of nitrogens with zero attached hydrogens (tertiary/aromatic N) is 1. The Morgan fingerprint density at radius 2 is 1.96 bits per heavy atom. The Hall–Kier alpha value is -2.05. The highest BCUT2D eigenvalue weighted by atomic mass is 35.5. The summed E-state index contributed by atoms with van der Waals surface area (Å²) in [6, 6.07) is 5.14. The highest BCUT2D eigenvalue weighted by molar-refractivity contribution is 6.39. The van der Waals surface area contributed by atoms with Crippen molar-refractivity contribution in [3.05, 3.63) is 33.9 Å². The first kappa shape index (κ1) is 18.3. The highest BCUT2D eigenvalue weighted by Crippen LogP contribution is 2.37. The monoisotopic (exact) mass is 370 g/mol. The Morgan fingerprint density at radius 3 is 2.67 bits per heavy atom. The van der Waals surface area contributed by atoms with Crippen LogP contribution in [0.1, 0.15) is 12.6 Å². The topological polar surface area (TPSA) is 77.5 Å². The lowest BCUT2D eigenvalue weighted by Crippen LogP contribution is -2.29. The normalized spacial score (nSPS) is 10.5. The van der Waals surface area contributed by atoms with Gasteiger partial charge in [-0.25, -0.2) is 9.78 Å². The minimum Gasteiger partial charge on any atom is -0.478 e. The van der Waals surface area contributed by atoms with E-state index in [0.717, 1.165) is 5.69 Å². The number of carbonyl (C=O) groups excluding carboxylic acids is 2. The summed E-state index contributed by atoms with van der Waals surface area (Å²) in [5.74, 6) is -0.819. The van der Waals surface area contributed by atoms with E-state index in [2.05, 4.69) is 10.3 Å². The summed E-state index contributed by atoms with van der Waals surface area (Å²) >= 11 is 12.3. The number of hydrogen-bond acceptors (Lipinski definition) is 5. The summed E-state index contributed by atoms with van der Waals surface area (Å²) < 4.78 is 10.3. The minimum absolute atomic E-state index is 0.238. The van der Waals surface area contributed by atoms with E-state index < -0.39 is 12.6 Å². The van der Waals surface area contributed by atoms with E-state index in [1.165, 1.54) is 6.07 Å². The van der Waals surface area contributed by atoms with Crippen LogP contribution in [-0.2, 0) is 14.3 Å². The molecule has 0 aliphatic carbocycles. The van der Waals surface area contributed by atoms with Crippen LogP contribution in [0.5, 0.6) is 5.75 Å². The predicted octanol–water partition coefficient (Wildman–Crippen LogP) is 2.91.